The van der Waals surface area contributed by atoms with Crippen molar-refractivity contribution < 1.29 is 23.5 Å². The zero-order valence-electron chi connectivity index (χ0n) is 11.8. The molecule has 1 aliphatic rings. The predicted octanol–water partition coefficient (Wildman–Crippen LogP) is 0.307. The lowest BCUT2D eigenvalue weighted by atomic mass is 10.1. The quantitative estimate of drug-likeness (QED) is 0.763. The van der Waals surface area contributed by atoms with Crippen LogP contribution < -0.4 is 5.32 Å². The van der Waals surface area contributed by atoms with Crippen LogP contribution in [0.25, 0.3) is 0 Å². The van der Waals surface area contributed by atoms with Crippen molar-refractivity contribution in [3.63, 3.8) is 0 Å². The van der Waals surface area contributed by atoms with E-state index >= 15 is 0 Å². The van der Waals surface area contributed by atoms with Crippen molar-refractivity contribution in [2.24, 2.45) is 5.92 Å². The number of hydrogen-bond acceptors (Lipinski definition) is 5. The molecular weight excluding hydrogens is 276 g/mol. The van der Waals surface area contributed by atoms with Gasteiger partial charge in [0.25, 0.3) is 0 Å². The molecule has 0 saturated carbocycles. The molecule has 1 saturated heterocycles. The van der Waals surface area contributed by atoms with E-state index in [2.05, 4.69) is 10.1 Å². The van der Waals surface area contributed by atoms with Crippen molar-refractivity contribution in [1.29, 1.82) is 0 Å². The number of methoxy groups -OCH3 is 1. The van der Waals surface area contributed by atoms with Crippen LogP contribution in [0.2, 0.25) is 0 Å². The van der Waals surface area contributed by atoms with Crippen LogP contribution in [0.4, 0.5) is 0 Å². The SMILES string of the molecule is COC(=O)CCNC(=O)[C@@H]1CC(=O)N(Cc2ccco2)C1. The molecule has 7 heteroatoms. The number of hydrogen-bond donors (Lipinski definition) is 1. The van der Waals surface area contributed by atoms with Crippen LogP contribution in [0.5, 0.6) is 0 Å². The minimum atomic E-state index is -0.384. The summed E-state index contributed by atoms with van der Waals surface area (Å²) in [5.74, 6) is -0.355. The topological polar surface area (TPSA) is 88.8 Å². The highest BCUT2D eigenvalue weighted by molar-refractivity contribution is 5.89. The molecule has 7 nitrogen and oxygen atoms in total. The Morgan fingerprint density at radius 2 is 2.33 bits per heavy atom. The van der Waals surface area contributed by atoms with E-state index in [1.165, 1.54) is 7.11 Å². The van der Waals surface area contributed by atoms with Gasteiger partial charge in [-0.05, 0) is 12.1 Å². The van der Waals surface area contributed by atoms with Gasteiger partial charge in [0.2, 0.25) is 11.8 Å². The number of amides is 2. The first-order chi connectivity index (χ1) is 10.1. The van der Waals surface area contributed by atoms with Crippen LogP contribution in [0.1, 0.15) is 18.6 Å². The summed E-state index contributed by atoms with van der Waals surface area (Å²) in [6, 6.07) is 3.55. The highest BCUT2D eigenvalue weighted by Gasteiger charge is 2.34. The first kappa shape index (κ1) is 15.1. The van der Waals surface area contributed by atoms with Crippen LogP contribution in [0.15, 0.2) is 22.8 Å². The Kier molecular flexibility index (Phi) is 4.97. The predicted molar refractivity (Wildman–Crippen MR) is 71.9 cm³/mol. The number of carbonyl (C=O) groups is 3. The minimum Gasteiger partial charge on any atom is -0.469 e. The number of likely N-dealkylation sites (tertiary alicyclic amines) is 1. The van der Waals surface area contributed by atoms with Crippen molar-refractivity contribution in [3.05, 3.63) is 24.2 Å². The zero-order valence-corrected chi connectivity index (χ0v) is 11.8. The van der Waals surface area contributed by atoms with Gasteiger partial charge in [0.1, 0.15) is 5.76 Å². The molecule has 0 bridgehead atoms. The molecule has 0 unspecified atom stereocenters. The lowest BCUT2D eigenvalue weighted by Crippen LogP contribution is -2.34. The van der Waals surface area contributed by atoms with Crippen LogP contribution in [0.3, 0.4) is 0 Å². The molecule has 2 amide bonds. The van der Waals surface area contributed by atoms with Crippen molar-refractivity contribution in [1.82, 2.24) is 10.2 Å². The van der Waals surface area contributed by atoms with Crippen molar-refractivity contribution in [3.8, 4) is 0 Å². The fourth-order valence-electron chi connectivity index (χ4n) is 2.23. The molecule has 2 heterocycles. The Hall–Kier alpha value is -2.31. The maximum atomic E-state index is 11.9. The van der Waals surface area contributed by atoms with Gasteiger partial charge in [-0.3, -0.25) is 14.4 Å². The number of furan rings is 1. The van der Waals surface area contributed by atoms with Gasteiger partial charge < -0.3 is 19.4 Å². The summed E-state index contributed by atoms with van der Waals surface area (Å²) < 4.78 is 9.68. The smallest absolute Gasteiger partial charge is 0.307 e. The summed E-state index contributed by atoms with van der Waals surface area (Å²) in [6.45, 7) is 0.954. The Morgan fingerprint density at radius 3 is 3.00 bits per heavy atom. The third-order valence-corrected chi connectivity index (χ3v) is 3.37. The van der Waals surface area contributed by atoms with Crippen LogP contribution in [-0.4, -0.2) is 42.9 Å². The van der Waals surface area contributed by atoms with Crippen molar-refractivity contribution >= 4 is 17.8 Å². The van der Waals surface area contributed by atoms with Crippen molar-refractivity contribution in [2.45, 2.75) is 19.4 Å². The van der Waals surface area contributed by atoms with E-state index in [1.54, 1.807) is 23.3 Å². The maximum absolute atomic E-state index is 11.9. The Morgan fingerprint density at radius 1 is 1.52 bits per heavy atom. The molecule has 0 aromatic carbocycles. The molecular formula is C14H18N2O5. The number of ether oxygens (including phenoxy) is 1. The Balaban J connectivity index is 1.78. The second kappa shape index (κ2) is 6.92. The van der Waals surface area contributed by atoms with Gasteiger partial charge in [-0.1, -0.05) is 0 Å². The first-order valence-electron chi connectivity index (χ1n) is 6.75. The summed E-state index contributed by atoms with van der Waals surface area (Å²) in [4.78, 5) is 36.4. The summed E-state index contributed by atoms with van der Waals surface area (Å²) in [5, 5.41) is 2.65. The standard InChI is InChI=1S/C14H18N2O5/c1-20-13(18)4-5-15-14(19)10-7-12(17)16(8-10)9-11-3-2-6-21-11/h2-3,6,10H,4-5,7-9H2,1H3,(H,15,19)/t10-/m1/s1. The van der Waals surface area contributed by atoms with Gasteiger partial charge in [-0.25, -0.2) is 0 Å². The summed E-state index contributed by atoms with van der Waals surface area (Å²) in [7, 11) is 1.30. The number of carbonyl (C=O) groups excluding carboxylic acids is 3. The Labute approximate surface area is 122 Å². The van der Waals surface area contributed by atoms with Gasteiger partial charge in [0.05, 0.1) is 32.3 Å². The monoisotopic (exact) mass is 294 g/mol. The number of nitrogens with one attached hydrogen (secondary N) is 1. The van der Waals surface area contributed by atoms with Crippen LogP contribution in [-0.2, 0) is 25.7 Å². The highest BCUT2D eigenvalue weighted by Crippen LogP contribution is 2.20. The molecule has 0 spiro atoms. The van der Waals surface area contributed by atoms with Gasteiger partial charge in [-0.15, -0.1) is 0 Å². The zero-order chi connectivity index (χ0) is 15.2. The van der Waals surface area contributed by atoms with E-state index in [4.69, 9.17) is 4.42 Å². The van der Waals surface area contributed by atoms with Crippen molar-refractivity contribution in [2.75, 3.05) is 20.2 Å². The largest absolute Gasteiger partial charge is 0.469 e. The molecule has 1 aromatic rings. The van der Waals surface area contributed by atoms with E-state index in [9.17, 15) is 14.4 Å². The Bertz CT molecular complexity index is 511. The highest BCUT2D eigenvalue weighted by atomic mass is 16.5. The summed E-state index contributed by atoms with van der Waals surface area (Å²) in [6.07, 6.45) is 1.86. The van der Waals surface area contributed by atoms with E-state index in [1.807, 2.05) is 0 Å². The van der Waals surface area contributed by atoms with E-state index in [0.29, 0.717) is 18.8 Å². The molecule has 2 rings (SSSR count). The van der Waals surface area contributed by atoms with Gasteiger partial charge in [0, 0.05) is 19.5 Å². The van der Waals surface area contributed by atoms with Gasteiger partial charge in [0.15, 0.2) is 0 Å². The average Bonchev–Trinajstić information content (AvgIpc) is 3.09. The van der Waals surface area contributed by atoms with Crippen LogP contribution >= 0.6 is 0 Å². The second-order valence-corrected chi connectivity index (χ2v) is 4.87. The first-order valence-corrected chi connectivity index (χ1v) is 6.75. The lowest BCUT2D eigenvalue weighted by molar-refractivity contribution is -0.140. The molecule has 1 aliphatic heterocycles. The molecule has 1 aromatic heterocycles. The summed E-state index contributed by atoms with van der Waals surface area (Å²) in [5.41, 5.74) is 0. The molecule has 21 heavy (non-hydrogen) atoms. The van der Waals surface area contributed by atoms with E-state index in [0.717, 1.165) is 0 Å². The second-order valence-electron chi connectivity index (χ2n) is 4.87. The fourth-order valence-corrected chi connectivity index (χ4v) is 2.23. The molecule has 1 fully saturated rings. The fraction of sp³-hybridized carbons (Fsp3) is 0.500. The third-order valence-electron chi connectivity index (χ3n) is 3.37. The van der Waals surface area contributed by atoms with Gasteiger partial charge in [-0.2, -0.15) is 0 Å². The van der Waals surface area contributed by atoms with E-state index < -0.39 is 0 Å². The number of rotatable bonds is 6. The molecule has 114 valence electrons. The number of nitrogens with zero attached hydrogens (tertiary/aromatic N) is 1. The lowest BCUT2D eigenvalue weighted by Gasteiger charge is -2.14. The number of esters is 1. The van der Waals surface area contributed by atoms with E-state index in [-0.39, 0.29) is 43.1 Å². The normalized spacial score (nSPS) is 17.9. The van der Waals surface area contributed by atoms with Gasteiger partial charge >= 0.3 is 5.97 Å². The molecule has 0 aliphatic carbocycles. The molecule has 1 N–H and O–H groups in total. The third kappa shape index (κ3) is 4.08. The molecule has 1 atom stereocenters. The molecule has 0 radical (unpaired) electrons. The minimum absolute atomic E-state index is 0.0699. The van der Waals surface area contributed by atoms with Crippen LogP contribution in [0, 0.1) is 5.92 Å². The summed E-state index contributed by atoms with van der Waals surface area (Å²) >= 11 is 0. The average molecular weight is 294 g/mol. The maximum Gasteiger partial charge on any atom is 0.307 e.